The van der Waals surface area contributed by atoms with E-state index < -0.39 is 10.8 Å². The molecule has 0 aliphatic rings. The van der Waals surface area contributed by atoms with Gasteiger partial charge >= 0.3 is 11.9 Å². The zero-order chi connectivity index (χ0) is 23.2. The quantitative estimate of drug-likeness (QED) is 0.0894. The van der Waals surface area contributed by atoms with Crippen LogP contribution in [0.2, 0.25) is 0 Å². The van der Waals surface area contributed by atoms with Crippen LogP contribution in [0, 0.1) is 0 Å². The van der Waals surface area contributed by atoms with Crippen molar-refractivity contribution in [2.45, 2.75) is 134 Å². The molecular formula is C25H46Cl2O4. The largest absolute Gasteiger partial charge is 0.465 e. The third-order valence-corrected chi connectivity index (χ3v) is 5.78. The summed E-state index contributed by atoms with van der Waals surface area (Å²) >= 11 is 11.3. The van der Waals surface area contributed by atoms with E-state index in [-0.39, 0.29) is 11.9 Å². The Morgan fingerprint density at radius 2 is 0.677 bits per heavy atom. The van der Waals surface area contributed by atoms with Gasteiger partial charge in [-0.3, -0.25) is 9.59 Å². The van der Waals surface area contributed by atoms with Crippen molar-refractivity contribution in [1.82, 2.24) is 0 Å². The molecule has 0 radical (unpaired) electrons. The van der Waals surface area contributed by atoms with Gasteiger partial charge in [0.25, 0.3) is 0 Å². The lowest BCUT2D eigenvalue weighted by Crippen LogP contribution is -2.14. The highest BCUT2D eigenvalue weighted by molar-refractivity contribution is 6.29. The van der Waals surface area contributed by atoms with Gasteiger partial charge in [0.1, 0.15) is 10.8 Å². The van der Waals surface area contributed by atoms with Crippen LogP contribution in [0.15, 0.2) is 0 Å². The Morgan fingerprint density at radius 1 is 0.484 bits per heavy atom. The molecule has 0 aromatic heterocycles. The fourth-order valence-corrected chi connectivity index (χ4v) is 3.56. The molecule has 184 valence electrons. The second kappa shape index (κ2) is 22.7. The van der Waals surface area contributed by atoms with Crippen molar-refractivity contribution in [3.05, 3.63) is 0 Å². The van der Waals surface area contributed by atoms with Crippen LogP contribution >= 0.6 is 23.2 Å². The SMILES string of the molecule is CC(Cl)C(=O)OCCCCCCCCCCCCCCCCCCCOC(=O)C(C)Cl. The van der Waals surface area contributed by atoms with E-state index in [1.165, 1.54) is 83.5 Å². The van der Waals surface area contributed by atoms with Crippen molar-refractivity contribution in [2.24, 2.45) is 0 Å². The first-order valence-electron chi connectivity index (χ1n) is 12.6. The highest BCUT2D eigenvalue weighted by atomic mass is 35.5. The minimum atomic E-state index is -0.540. The van der Waals surface area contributed by atoms with Gasteiger partial charge in [0.2, 0.25) is 0 Å². The second-order valence-corrected chi connectivity index (χ2v) is 9.89. The molecule has 31 heavy (non-hydrogen) atoms. The van der Waals surface area contributed by atoms with E-state index in [0.717, 1.165) is 25.7 Å². The maximum absolute atomic E-state index is 11.2. The molecular weight excluding hydrogens is 435 g/mol. The number of halogens is 2. The van der Waals surface area contributed by atoms with Gasteiger partial charge in [-0.25, -0.2) is 0 Å². The van der Waals surface area contributed by atoms with E-state index in [1.807, 2.05) is 0 Å². The monoisotopic (exact) mass is 480 g/mol. The molecule has 0 heterocycles. The number of carbonyl (C=O) groups excluding carboxylic acids is 2. The number of esters is 2. The molecule has 0 fully saturated rings. The Kier molecular flexibility index (Phi) is 22.4. The number of hydrogen-bond donors (Lipinski definition) is 0. The van der Waals surface area contributed by atoms with Gasteiger partial charge in [0.05, 0.1) is 13.2 Å². The summed E-state index contributed by atoms with van der Waals surface area (Å²) in [4.78, 5) is 22.4. The van der Waals surface area contributed by atoms with Crippen molar-refractivity contribution >= 4 is 35.1 Å². The van der Waals surface area contributed by atoms with Crippen molar-refractivity contribution < 1.29 is 19.1 Å². The van der Waals surface area contributed by atoms with Gasteiger partial charge in [-0.1, -0.05) is 96.3 Å². The molecule has 0 aliphatic heterocycles. The molecule has 0 aliphatic carbocycles. The lowest BCUT2D eigenvalue weighted by Gasteiger charge is -2.06. The van der Waals surface area contributed by atoms with Crippen LogP contribution in [0.3, 0.4) is 0 Å². The molecule has 0 spiro atoms. The van der Waals surface area contributed by atoms with Crippen LogP contribution in [-0.2, 0) is 19.1 Å². The molecule has 0 aromatic rings. The van der Waals surface area contributed by atoms with E-state index in [9.17, 15) is 9.59 Å². The maximum Gasteiger partial charge on any atom is 0.323 e. The lowest BCUT2D eigenvalue weighted by atomic mass is 10.0. The summed E-state index contributed by atoms with van der Waals surface area (Å²) < 4.78 is 10.1. The van der Waals surface area contributed by atoms with Crippen molar-refractivity contribution in [3.63, 3.8) is 0 Å². The van der Waals surface area contributed by atoms with Gasteiger partial charge < -0.3 is 9.47 Å². The molecule has 2 unspecified atom stereocenters. The molecule has 0 saturated carbocycles. The molecule has 6 heteroatoms. The van der Waals surface area contributed by atoms with Crippen LogP contribution in [0.1, 0.15) is 123 Å². The Hall–Kier alpha value is -0.480. The fraction of sp³-hybridized carbons (Fsp3) is 0.920. The smallest absolute Gasteiger partial charge is 0.323 e. The fourth-order valence-electron chi connectivity index (χ4n) is 3.43. The zero-order valence-corrected chi connectivity index (χ0v) is 21.5. The van der Waals surface area contributed by atoms with Gasteiger partial charge in [-0.05, 0) is 26.7 Å². The van der Waals surface area contributed by atoms with Crippen molar-refractivity contribution in [3.8, 4) is 0 Å². The number of hydrogen-bond acceptors (Lipinski definition) is 4. The average molecular weight is 482 g/mol. The van der Waals surface area contributed by atoms with Crippen molar-refractivity contribution in [2.75, 3.05) is 13.2 Å². The Labute approximate surface area is 201 Å². The topological polar surface area (TPSA) is 52.6 Å². The van der Waals surface area contributed by atoms with E-state index in [1.54, 1.807) is 13.8 Å². The number of alkyl halides is 2. The summed E-state index contributed by atoms with van der Waals surface area (Å²) in [6.45, 7) is 4.28. The molecule has 0 aromatic carbocycles. The molecule has 0 amide bonds. The molecule has 2 atom stereocenters. The Morgan fingerprint density at radius 3 is 0.871 bits per heavy atom. The number of ether oxygens (including phenoxy) is 2. The van der Waals surface area contributed by atoms with E-state index in [2.05, 4.69) is 0 Å². The molecule has 0 saturated heterocycles. The predicted octanol–water partition coefficient (Wildman–Crippen LogP) is 7.96. The normalized spacial score (nSPS) is 13.0. The highest BCUT2D eigenvalue weighted by Gasteiger charge is 2.10. The van der Waals surface area contributed by atoms with Crippen LogP contribution in [0.25, 0.3) is 0 Å². The third kappa shape index (κ3) is 22.5. The third-order valence-electron chi connectivity index (χ3n) is 5.43. The van der Waals surface area contributed by atoms with Crippen LogP contribution in [0.4, 0.5) is 0 Å². The zero-order valence-electron chi connectivity index (χ0n) is 20.0. The number of unbranched alkanes of at least 4 members (excludes halogenated alkanes) is 16. The van der Waals surface area contributed by atoms with Gasteiger partial charge in [0, 0.05) is 0 Å². The van der Waals surface area contributed by atoms with Gasteiger partial charge in [0.15, 0.2) is 0 Å². The molecule has 0 bridgehead atoms. The predicted molar refractivity (Wildman–Crippen MR) is 131 cm³/mol. The number of rotatable bonds is 22. The van der Waals surface area contributed by atoms with Gasteiger partial charge in [-0.15, -0.1) is 23.2 Å². The van der Waals surface area contributed by atoms with E-state index >= 15 is 0 Å². The van der Waals surface area contributed by atoms with Crippen LogP contribution in [-0.4, -0.2) is 35.9 Å². The summed E-state index contributed by atoms with van der Waals surface area (Å²) in [5, 5.41) is -1.08. The van der Waals surface area contributed by atoms with Crippen molar-refractivity contribution in [1.29, 1.82) is 0 Å². The second-order valence-electron chi connectivity index (χ2n) is 8.58. The average Bonchev–Trinajstić information content (AvgIpc) is 2.74. The summed E-state index contributed by atoms with van der Waals surface area (Å²) in [7, 11) is 0. The summed E-state index contributed by atoms with van der Waals surface area (Å²) in [6.07, 6.45) is 21.3. The first-order chi connectivity index (χ1) is 14.9. The molecule has 0 N–H and O–H groups in total. The highest BCUT2D eigenvalue weighted by Crippen LogP contribution is 2.14. The standard InChI is InChI=1S/C25H46Cl2O4/c1-22(26)24(28)30-20-18-16-14-12-10-8-6-4-3-5-7-9-11-13-15-17-19-21-31-25(29)23(2)27/h22-23H,3-21H2,1-2H3. The molecule has 0 rings (SSSR count). The molecule has 4 nitrogen and oxygen atoms in total. The maximum atomic E-state index is 11.2. The van der Waals surface area contributed by atoms with Crippen LogP contribution < -0.4 is 0 Å². The first kappa shape index (κ1) is 30.5. The number of carbonyl (C=O) groups is 2. The minimum absolute atomic E-state index is 0.309. The van der Waals surface area contributed by atoms with E-state index in [4.69, 9.17) is 32.7 Å². The van der Waals surface area contributed by atoms with Gasteiger partial charge in [-0.2, -0.15) is 0 Å². The minimum Gasteiger partial charge on any atom is -0.465 e. The Bertz CT molecular complexity index is 390. The summed E-state index contributed by atoms with van der Waals surface area (Å²) in [5.41, 5.74) is 0. The lowest BCUT2D eigenvalue weighted by molar-refractivity contribution is -0.143. The Balaban J connectivity index is 3.11. The first-order valence-corrected chi connectivity index (χ1v) is 13.4. The summed E-state index contributed by atoms with van der Waals surface area (Å²) in [6, 6.07) is 0. The van der Waals surface area contributed by atoms with Crippen LogP contribution in [0.5, 0.6) is 0 Å². The summed E-state index contributed by atoms with van der Waals surface area (Å²) in [5.74, 6) is -0.618. The van der Waals surface area contributed by atoms with E-state index in [0.29, 0.717) is 13.2 Å².